The second-order valence-corrected chi connectivity index (χ2v) is 9.79. The second-order valence-electron chi connectivity index (χ2n) is 9.38. The zero-order chi connectivity index (χ0) is 25.4. The lowest BCUT2D eigenvalue weighted by Gasteiger charge is -2.31. The number of ether oxygens (including phenoxy) is 2. The fourth-order valence-electron chi connectivity index (χ4n) is 4.83. The van der Waals surface area contributed by atoms with Crippen molar-refractivity contribution < 1.29 is 14.3 Å². The zero-order valence-electron chi connectivity index (χ0n) is 20.5. The Labute approximate surface area is 219 Å². The molecule has 11 nitrogen and oxygen atoms in total. The molecule has 2 aromatic heterocycles. The first kappa shape index (κ1) is 23.8. The predicted molar refractivity (Wildman–Crippen MR) is 140 cm³/mol. The number of carbonyl (C=O) groups excluding carboxylic acids is 1. The van der Waals surface area contributed by atoms with Crippen LogP contribution in [0.25, 0.3) is 22.4 Å². The molecule has 0 spiro atoms. The Morgan fingerprint density at radius 1 is 1.11 bits per heavy atom. The maximum Gasteiger partial charge on any atom is 0.296 e. The molecule has 6 rings (SSSR count). The molecular formula is C25H29ClN8O3. The van der Waals surface area contributed by atoms with Crippen LogP contribution in [0.2, 0.25) is 5.02 Å². The van der Waals surface area contributed by atoms with E-state index in [9.17, 15) is 4.79 Å². The van der Waals surface area contributed by atoms with E-state index in [-0.39, 0.29) is 12.0 Å². The fourth-order valence-corrected chi connectivity index (χ4v) is 5.09. The number of rotatable bonds is 5. The van der Waals surface area contributed by atoms with Crippen LogP contribution in [0.15, 0.2) is 42.2 Å². The molecule has 5 heterocycles. The van der Waals surface area contributed by atoms with E-state index in [4.69, 9.17) is 26.1 Å². The van der Waals surface area contributed by atoms with Gasteiger partial charge in [-0.25, -0.2) is 4.98 Å². The maximum atomic E-state index is 12.6. The monoisotopic (exact) mass is 524 g/mol. The molecule has 1 amide bonds. The van der Waals surface area contributed by atoms with Crippen molar-refractivity contribution in [3.63, 3.8) is 0 Å². The Morgan fingerprint density at radius 2 is 1.86 bits per heavy atom. The van der Waals surface area contributed by atoms with Crippen LogP contribution in [-0.4, -0.2) is 83.3 Å². The second kappa shape index (κ2) is 10.1. The van der Waals surface area contributed by atoms with Gasteiger partial charge < -0.3 is 24.3 Å². The zero-order valence-corrected chi connectivity index (χ0v) is 21.3. The number of carbonyl (C=O) groups is 1. The molecule has 3 aliphatic rings. The molecule has 3 aliphatic heterocycles. The van der Waals surface area contributed by atoms with Gasteiger partial charge in [-0.15, -0.1) is 5.53 Å². The largest absolute Gasteiger partial charge is 0.461 e. The van der Waals surface area contributed by atoms with Gasteiger partial charge in [-0.05, 0) is 18.2 Å². The summed E-state index contributed by atoms with van der Waals surface area (Å²) in [6.07, 6.45) is 3.13. The Bertz CT molecular complexity index is 1310. The number of amides is 1. The summed E-state index contributed by atoms with van der Waals surface area (Å²) < 4.78 is 11.6. The number of likely N-dealkylation sites (tertiary alicyclic amines) is 1. The van der Waals surface area contributed by atoms with E-state index >= 15 is 0 Å². The number of hydrogen-bond donors (Lipinski definition) is 3. The highest BCUT2D eigenvalue weighted by atomic mass is 35.5. The number of H-pyrrole nitrogens is 1. The minimum absolute atomic E-state index is 0.0246. The lowest BCUT2D eigenvalue weighted by Crippen LogP contribution is -2.45. The van der Waals surface area contributed by atoms with E-state index in [0.717, 1.165) is 43.1 Å². The fraction of sp³-hybridized carbons (Fsp3) is 0.400. The number of nitrogens with zero attached hydrogens (tertiary/aromatic N) is 5. The summed E-state index contributed by atoms with van der Waals surface area (Å²) in [5.74, 6) is -0.0246. The summed E-state index contributed by atoms with van der Waals surface area (Å²) in [7, 11) is 1.83. The van der Waals surface area contributed by atoms with Crippen LogP contribution >= 0.6 is 11.6 Å². The number of fused-ring (bicyclic) bond motifs is 1. The average molecular weight is 525 g/mol. The van der Waals surface area contributed by atoms with E-state index in [1.165, 1.54) is 0 Å². The first-order chi connectivity index (χ1) is 18.0. The summed E-state index contributed by atoms with van der Waals surface area (Å²) in [5.41, 5.74) is 10.3. The summed E-state index contributed by atoms with van der Waals surface area (Å²) in [4.78, 5) is 29.3. The van der Waals surface area contributed by atoms with Crippen molar-refractivity contribution in [2.24, 2.45) is 0 Å². The van der Waals surface area contributed by atoms with Crippen molar-refractivity contribution in [2.45, 2.75) is 18.9 Å². The number of aromatic nitrogens is 3. The number of imidazole rings is 1. The van der Waals surface area contributed by atoms with Crippen LogP contribution in [-0.2, 0) is 9.53 Å². The highest BCUT2D eigenvalue weighted by Gasteiger charge is 2.28. The third-order valence-corrected chi connectivity index (χ3v) is 7.14. The van der Waals surface area contributed by atoms with Gasteiger partial charge in [-0.1, -0.05) is 23.7 Å². The number of pyridine rings is 1. The molecule has 1 aromatic carbocycles. The molecule has 0 atom stereocenters. The number of hydrogen-bond acceptors (Lipinski definition) is 9. The topological polar surface area (TPSA) is 111 Å². The standard InChI is InChI=1S/C25H29ClN8O3/c1-32-15-21(30-31-32)24(35)34-8-6-18(7-9-34)37-25-27-20-14-19(26)22(28-23(20)29-25)16-2-4-17(5-3-16)33-10-12-36-13-11-33/h2-5,14-15,18,30-31H,6-13H2,1H3,(H,27,28,29). The van der Waals surface area contributed by atoms with Gasteiger partial charge in [0.05, 0.1) is 29.4 Å². The quantitative estimate of drug-likeness (QED) is 0.463. The Morgan fingerprint density at radius 3 is 2.57 bits per heavy atom. The molecule has 0 aliphatic carbocycles. The van der Waals surface area contributed by atoms with Crippen LogP contribution in [0, 0.1) is 0 Å². The highest BCUT2D eigenvalue weighted by molar-refractivity contribution is 6.33. The Balaban J connectivity index is 1.11. The van der Waals surface area contributed by atoms with E-state index in [1.54, 1.807) is 11.2 Å². The summed E-state index contributed by atoms with van der Waals surface area (Å²) >= 11 is 6.60. The molecule has 3 aromatic rings. The van der Waals surface area contributed by atoms with E-state index in [0.29, 0.717) is 54.0 Å². The van der Waals surface area contributed by atoms with Crippen LogP contribution in [0.3, 0.4) is 0 Å². The molecule has 0 saturated carbocycles. The van der Waals surface area contributed by atoms with Gasteiger partial charge in [0.2, 0.25) is 0 Å². The van der Waals surface area contributed by atoms with Crippen molar-refractivity contribution in [3.8, 4) is 17.3 Å². The van der Waals surface area contributed by atoms with Crippen molar-refractivity contribution in [1.82, 2.24) is 35.8 Å². The molecule has 2 saturated heterocycles. The highest BCUT2D eigenvalue weighted by Crippen LogP contribution is 2.31. The van der Waals surface area contributed by atoms with E-state index < -0.39 is 0 Å². The third kappa shape index (κ3) is 5.02. The maximum absolute atomic E-state index is 12.6. The molecule has 194 valence electrons. The predicted octanol–water partition coefficient (Wildman–Crippen LogP) is 2.28. The van der Waals surface area contributed by atoms with Crippen molar-refractivity contribution >= 4 is 34.4 Å². The summed E-state index contributed by atoms with van der Waals surface area (Å²) in [6.45, 7) is 4.50. The van der Waals surface area contributed by atoms with Crippen molar-refractivity contribution in [1.29, 1.82) is 0 Å². The molecule has 0 bridgehead atoms. The van der Waals surface area contributed by atoms with Crippen LogP contribution in [0.4, 0.5) is 5.69 Å². The number of benzene rings is 1. The first-order valence-corrected chi connectivity index (χ1v) is 12.8. The molecule has 37 heavy (non-hydrogen) atoms. The summed E-state index contributed by atoms with van der Waals surface area (Å²) in [6, 6.07) is 10.5. The Kier molecular flexibility index (Phi) is 6.49. The van der Waals surface area contributed by atoms with Gasteiger partial charge in [0.15, 0.2) is 5.65 Å². The van der Waals surface area contributed by atoms with Crippen molar-refractivity contribution in [2.75, 3.05) is 51.3 Å². The lowest BCUT2D eigenvalue weighted by molar-refractivity contribution is -0.129. The molecule has 0 unspecified atom stereocenters. The number of hydrazine groups is 2. The average Bonchev–Trinajstić information content (AvgIpc) is 3.54. The van der Waals surface area contributed by atoms with Crippen molar-refractivity contribution in [3.05, 3.63) is 47.3 Å². The van der Waals surface area contributed by atoms with Crippen LogP contribution < -0.4 is 20.6 Å². The minimum Gasteiger partial charge on any atom is -0.461 e. The number of piperidine rings is 1. The van der Waals surface area contributed by atoms with Crippen LogP contribution in [0.1, 0.15) is 12.8 Å². The number of nitrogens with one attached hydrogen (secondary N) is 3. The minimum atomic E-state index is -0.0430. The molecule has 12 heteroatoms. The number of anilines is 1. The van der Waals surface area contributed by atoms with Gasteiger partial charge in [0.25, 0.3) is 11.9 Å². The van der Waals surface area contributed by atoms with Gasteiger partial charge in [0.1, 0.15) is 11.8 Å². The smallest absolute Gasteiger partial charge is 0.296 e. The van der Waals surface area contributed by atoms with Crippen LogP contribution in [0.5, 0.6) is 6.01 Å². The van der Waals surface area contributed by atoms with Gasteiger partial charge in [-0.3, -0.25) is 15.2 Å². The first-order valence-electron chi connectivity index (χ1n) is 12.4. The number of halogens is 1. The van der Waals surface area contributed by atoms with Gasteiger partial charge >= 0.3 is 0 Å². The molecule has 3 N–H and O–H groups in total. The molecule has 2 fully saturated rings. The normalized spacial score (nSPS) is 18.8. The van der Waals surface area contributed by atoms with E-state index in [2.05, 4.69) is 38.0 Å². The molecular weight excluding hydrogens is 496 g/mol. The van der Waals surface area contributed by atoms with E-state index in [1.807, 2.05) is 30.1 Å². The molecule has 0 radical (unpaired) electrons. The number of aromatic amines is 1. The van der Waals surface area contributed by atoms with Gasteiger partial charge in [-0.2, -0.15) is 4.98 Å². The SMILES string of the molecule is CN1C=C(C(=O)N2CCC(Oc3nc4nc(-c5ccc(N6CCOCC6)cc5)c(Cl)cc4[nH]3)CC2)NN1. The lowest BCUT2D eigenvalue weighted by atomic mass is 10.1. The third-order valence-electron chi connectivity index (χ3n) is 6.85. The number of morpholine rings is 1. The van der Waals surface area contributed by atoms with Gasteiger partial charge in [0, 0.05) is 63.5 Å². The summed E-state index contributed by atoms with van der Waals surface area (Å²) in [5, 5.41) is 2.25. The Hall–Kier alpha value is -3.54.